The van der Waals surface area contributed by atoms with E-state index in [0.29, 0.717) is 5.82 Å². The summed E-state index contributed by atoms with van der Waals surface area (Å²) in [5.74, 6) is 1.48. The lowest BCUT2D eigenvalue weighted by Gasteiger charge is -2.37. The Morgan fingerprint density at radius 1 is 1.22 bits per heavy atom. The summed E-state index contributed by atoms with van der Waals surface area (Å²) in [4.78, 5) is 27.1. The number of fused-ring (bicyclic) bond motifs is 1. The maximum absolute atomic E-state index is 11.4. The lowest BCUT2D eigenvalue weighted by molar-refractivity contribution is -0.130. The second-order valence-corrected chi connectivity index (χ2v) is 7.35. The first-order valence-corrected chi connectivity index (χ1v) is 8.72. The Labute approximate surface area is 140 Å². The molecular formula is C16H23N5OS. The number of amides is 1. The fraction of sp³-hybridized carbons (Fsp3) is 0.562. The van der Waals surface area contributed by atoms with Crippen LogP contribution in [0.4, 0.5) is 5.82 Å². The molecule has 1 aliphatic rings. The van der Waals surface area contributed by atoms with E-state index in [-0.39, 0.29) is 11.9 Å². The molecule has 7 heteroatoms. The number of aromatic nitrogens is 2. The number of nitrogens with zero attached hydrogens (tertiary/aromatic N) is 4. The van der Waals surface area contributed by atoms with Gasteiger partial charge in [-0.05, 0) is 26.3 Å². The summed E-state index contributed by atoms with van der Waals surface area (Å²) >= 11 is 1.67. The van der Waals surface area contributed by atoms with Gasteiger partial charge in [0.2, 0.25) is 5.91 Å². The van der Waals surface area contributed by atoms with Crippen molar-refractivity contribution in [3.8, 4) is 0 Å². The van der Waals surface area contributed by atoms with Crippen molar-refractivity contribution in [2.24, 2.45) is 0 Å². The number of nitrogens with two attached hydrogens (primary N) is 1. The van der Waals surface area contributed by atoms with Crippen LogP contribution in [0.3, 0.4) is 0 Å². The first-order chi connectivity index (χ1) is 10.9. The van der Waals surface area contributed by atoms with E-state index < -0.39 is 0 Å². The third kappa shape index (κ3) is 2.90. The average molecular weight is 333 g/mol. The summed E-state index contributed by atoms with van der Waals surface area (Å²) in [6.45, 7) is 11.1. The van der Waals surface area contributed by atoms with Crippen molar-refractivity contribution in [2.75, 3.05) is 31.9 Å². The molecule has 1 unspecified atom stereocenters. The van der Waals surface area contributed by atoms with Gasteiger partial charge in [-0.15, -0.1) is 11.3 Å². The molecular weight excluding hydrogens is 310 g/mol. The van der Waals surface area contributed by atoms with Crippen molar-refractivity contribution in [1.29, 1.82) is 0 Å². The standard InChI is InChI=1S/C16H23N5OS/c1-9-11(3)23-16-13(9)14(17)18-15(19-16)10(2)20-5-7-21(8-6-20)12(4)22/h10H,5-8H2,1-4H3,(H2,17,18,19). The van der Waals surface area contributed by atoms with Crippen LogP contribution in [0.15, 0.2) is 0 Å². The minimum Gasteiger partial charge on any atom is -0.383 e. The van der Waals surface area contributed by atoms with Crippen LogP contribution in [0.2, 0.25) is 0 Å². The summed E-state index contributed by atoms with van der Waals surface area (Å²) in [6.07, 6.45) is 0. The van der Waals surface area contributed by atoms with E-state index >= 15 is 0 Å². The van der Waals surface area contributed by atoms with E-state index in [2.05, 4.69) is 30.7 Å². The summed E-state index contributed by atoms with van der Waals surface area (Å²) in [6, 6.07) is 0.0959. The molecule has 3 rings (SSSR count). The smallest absolute Gasteiger partial charge is 0.219 e. The Bertz CT molecular complexity index is 748. The monoisotopic (exact) mass is 333 g/mol. The maximum atomic E-state index is 11.4. The van der Waals surface area contributed by atoms with Crippen LogP contribution in [0, 0.1) is 13.8 Å². The molecule has 0 radical (unpaired) electrons. The van der Waals surface area contributed by atoms with Crippen LogP contribution >= 0.6 is 11.3 Å². The topological polar surface area (TPSA) is 75.4 Å². The normalized spacial score (nSPS) is 17.7. The Balaban J connectivity index is 1.84. The Morgan fingerprint density at radius 2 is 1.87 bits per heavy atom. The Kier molecular flexibility index (Phi) is 4.25. The number of anilines is 1. The first kappa shape index (κ1) is 16.1. The van der Waals surface area contributed by atoms with Gasteiger partial charge in [-0.25, -0.2) is 9.97 Å². The van der Waals surface area contributed by atoms with Crippen LogP contribution in [0.5, 0.6) is 0 Å². The van der Waals surface area contributed by atoms with Gasteiger partial charge in [0.25, 0.3) is 0 Å². The summed E-state index contributed by atoms with van der Waals surface area (Å²) < 4.78 is 0. The summed E-state index contributed by atoms with van der Waals surface area (Å²) in [7, 11) is 0. The number of thiophene rings is 1. The van der Waals surface area contributed by atoms with Gasteiger partial charge in [0.1, 0.15) is 16.5 Å². The highest BCUT2D eigenvalue weighted by molar-refractivity contribution is 7.18. The zero-order valence-corrected chi connectivity index (χ0v) is 14.9. The highest BCUT2D eigenvalue weighted by atomic mass is 32.1. The first-order valence-electron chi connectivity index (χ1n) is 7.91. The lowest BCUT2D eigenvalue weighted by Crippen LogP contribution is -2.48. The predicted molar refractivity (Wildman–Crippen MR) is 93.5 cm³/mol. The number of carbonyl (C=O) groups is 1. The predicted octanol–water partition coefficient (Wildman–Crippen LogP) is 2.12. The van der Waals surface area contributed by atoms with E-state index in [1.165, 1.54) is 10.4 Å². The molecule has 2 N–H and O–H groups in total. The van der Waals surface area contributed by atoms with Crippen molar-refractivity contribution >= 4 is 33.3 Å². The number of hydrogen-bond acceptors (Lipinski definition) is 6. The lowest BCUT2D eigenvalue weighted by atomic mass is 10.2. The van der Waals surface area contributed by atoms with Gasteiger partial charge in [0.05, 0.1) is 11.4 Å². The molecule has 0 saturated carbocycles. The van der Waals surface area contributed by atoms with E-state index in [1.807, 2.05) is 4.90 Å². The van der Waals surface area contributed by atoms with Crippen LogP contribution in [0.25, 0.3) is 10.2 Å². The molecule has 2 aromatic heterocycles. The van der Waals surface area contributed by atoms with Gasteiger partial charge in [-0.3, -0.25) is 9.69 Å². The molecule has 0 bridgehead atoms. The van der Waals surface area contributed by atoms with Crippen LogP contribution in [-0.4, -0.2) is 51.9 Å². The van der Waals surface area contributed by atoms with Crippen molar-refractivity contribution in [2.45, 2.75) is 33.7 Å². The second kappa shape index (κ2) is 6.05. The van der Waals surface area contributed by atoms with Gasteiger partial charge in [0, 0.05) is 38.0 Å². The number of aryl methyl sites for hydroxylation is 2. The molecule has 3 heterocycles. The Morgan fingerprint density at radius 3 is 2.48 bits per heavy atom. The largest absolute Gasteiger partial charge is 0.383 e. The molecule has 124 valence electrons. The number of piperazine rings is 1. The number of carbonyl (C=O) groups excluding carboxylic acids is 1. The molecule has 23 heavy (non-hydrogen) atoms. The van der Waals surface area contributed by atoms with E-state index in [1.54, 1.807) is 18.3 Å². The summed E-state index contributed by atoms with van der Waals surface area (Å²) in [5.41, 5.74) is 7.36. The summed E-state index contributed by atoms with van der Waals surface area (Å²) in [5, 5.41) is 0.991. The van der Waals surface area contributed by atoms with E-state index in [9.17, 15) is 4.79 Å². The molecule has 1 amide bonds. The van der Waals surface area contributed by atoms with Gasteiger partial charge in [-0.2, -0.15) is 0 Å². The number of nitrogen functional groups attached to an aromatic ring is 1. The fourth-order valence-electron chi connectivity index (χ4n) is 3.07. The third-order valence-electron chi connectivity index (χ3n) is 4.75. The molecule has 1 aliphatic heterocycles. The zero-order valence-electron chi connectivity index (χ0n) is 14.1. The highest BCUT2D eigenvalue weighted by Gasteiger charge is 2.25. The maximum Gasteiger partial charge on any atom is 0.219 e. The second-order valence-electron chi connectivity index (χ2n) is 6.15. The molecule has 0 spiro atoms. The molecule has 2 aromatic rings. The molecule has 0 aromatic carbocycles. The van der Waals surface area contributed by atoms with Crippen molar-refractivity contribution in [3.63, 3.8) is 0 Å². The van der Waals surface area contributed by atoms with Crippen LogP contribution in [0.1, 0.15) is 36.2 Å². The quantitative estimate of drug-likeness (QED) is 0.911. The van der Waals surface area contributed by atoms with Gasteiger partial charge >= 0.3 is 0 Å². The van der Waals surface area contributed by atoms with Crippen molar-refractivity contribution in [3.05, 3.63) is 16.3 Å². The molecule has 1 atom stereocenters. The highest BCUT2D eigenvalue weighted by Crippen LogP contribution is 2.33. The molecule has 1 saturated heterocycles. The van der Waals surface area contributed by atoms with Crippen LogP contribution < -0.4 is 5.73 Å². The van der Waals surface area contributed by atoms with Gasteiger partial charge < -0.3 is 10.6 Å². The molecule has 6 nitrogen and oxygen atoms in total. The van der Waals surface area contributed by atoms with Crippen LogP contribution in [-0.2, 0) is 4.79 Å². The zero-order chi connectivity index (χ0) is 16.7. The number of rotatable bonds is 2. The molecule has 1 fully saturated rings. The van der Waals surface area contributed by atoms with Crippen molar-refractivity contribution in [1.82, 2.24) is 19.8 Å². The fourth-order valence-corrected chi connectivity index (χ4v) is 4.12. The minimum absolute atomic E-state index is 0.0959. The SMILES string of the molecule is CC(=O)N1CCN(C(C)c2nc(N)c3c(C)c(C)sc3n2)CC1. The minimum atomic E-state index is 0.0959. The third-order valence-corrected chi connectivity index (χ3v) is 5.86. The van der Waals surface area contributed by atoms with E-state index in [0.717, 1.165) is 42.2 Å². The van der Waals surface area contributed by atoms with Crippen molar-refractivity contribution < 1.29 is 4.79 Å². The number of hydrogen-bond donors (Lipinski definition) is 1. The van der Waals surface area contributed by atoms with Gasteiger partial charge in [-0.1, -0.05) is 0 Å². The van der Waals surface area contributed by atoms with Gasteiger partial charge in [0.15, 0.2) is 0 Å². The average Bonchev–Trinajstić information content (AvgIpc) is 2.81. The molecule has 0 aliphatic carbocycles. The van der Waals surface area contributed by atoms with E-state index in [4.69, 9.17) is 10.7 Å². The Hall–Kier alpha value is -1.73.